The summed E-state index contributed by atoms with van der Waals surface area (Å²) in [5, 5.41) is 3.40. The van der Waals surface area contributed by atoms with Gasteiger partial charge in [-0.25, -0.2) is 0 Å². The number of aromatic nitrogens is 1. The van der Waals surface area contributed by atoms with Crippen molar-refractivity contribution in [3.8, 4) is 0 Å². The van der Waals surface area contributed by atoms with E-state index in [1.165, 1.54) is 31.4 Å². The van der Waals surface area contributed by atoms with Gasteiger partial charge in [-0.2, -0.15) is 0 Å². The van der Waals surface area contributed by atoms with E-state index in [9.17, 15) is 0 Å². The largest absolute Gasteiger partial charge is 0.316 e. The summed E-state index contributed by atoms with van der Waals surface area (Å²) in [6.07, 6.45) is 7.78. The average molecular weight is 233 g/mol. The van der Waals surface area contributed by atoms with Crippen molar-refractivity contribution in [1.29, 1.82) is 0 Å². The lowest BCUT2D eigenvalue weighted by atomic mass is 9.96. The van der Waals surface area contributed by atoms with Crippen LogP contribution in [0.3, 0.4) is 0 Å². The van der Waals surface area contributed by atoms with Crippen LogP contribution in [0, 0.1) is 0 Å². The van der Waals surface area contributed by atoms with Crippen LogP contribution in [0.1, 0.15) is 31.7 Å². The predicted molar refractivity (Wildman–Crippen MR) is 70.8 cm³/mol. The molecule has 1 aromatic rings. The number of likely N-dealkylation sites (tertiary alicyclic amines) is 1. The van der Waals surface area contributed by atoms with Gasteiger partial charge in [-0.1, -0.05) is 6.42 Å². The van der Waals surface area contributed by atoms with Gasteiger partial charge in [0.1, 0.15) is 0 Å². The summed E-state index contributed by atoms with van der Waals surface area (Å²) in [6, 6.07) is 5.48. The van der Waals surface area contributed by atoms with Gasteiger partial charge >= 0.3 is 0 Å². The van der Waals surface area contributed by atoms with E-state index >= 15 is 0 Å². The first kappa shape index (κ1) is 12.5. The van der Waals surface area contributed by atoms with Gasteiger partial charge in [0.05, 0.1) is 0 Å². The maximum atomic E-state index is 4.08. The third kappa shape index (κ3) is 3.27. The van der Waals surface area contributed by atoms with E-state index in [0.29, 0.717) is 12.1 Å². The van der Waals surface area contributed by atoms with Crippen LogP contribution < -0.4 is 5.32 Å². The number of rotatable bonds is 4. The first-order chi connectivity index (χ1) is 8.31. The molecule has 2 atom stereocenters. The number of nitrogens with one attached hydrogen (secondary N) is 1. The van der Waals surface area contributed by atoms with Crippen molar-refractivity contribution in [2.75, 3.05) is 13.6 Å². The lowest BCUT2D eigenvalue weighted by Gasteiger charge is -2.39. The summed E-state index contributed by atoms with van der Waals surface area (Å²) in [7, 11) is 2.06. The summed E-state index contributed by atoms with van der Waals surface area (Å²) in [5.41, 5.74) is 1.37. The van der Waals surface area contributed by atoms with Gasteiger partial charge in [-0.3, -0.25) is 9.88 Å². The van der Waals surface area contributed by atoms with E-state index in [4.69, 9.17) is 0 Å². The highest BCUT2D eigenvalue weighted by Crippen LogP contribution is 2.21. The fourth-order valence-corrected chi connectivity index (χ4v) is 2.69. The number of pyridine rings is 1. The first-order valence-electron chi connectivity index (χ1n) is 6.61. The molecule has 3 nitrogen and oxygen atoms in total. The third-order valence-electron chi connectivity index (χ3n) is 3.83. The molecule has 3 heteroatoms. The van der Waals surface area contributed by atoms with Gasteiger partial charge in [0.15, 0.2) is 0 Å². The number of likely N-dealkylation sites (N-methyl/N-ethyl adjacent to an activating group) is 1. The highest BCUT2D eigenvalue weighted by Gasteiger charge is 2.26. The van der Waals surface area contributed by atoms with Crippen LogP contribution in [-0.2, 0) is 6.54 Å². The molecule has 0 saturated carbocycles. The summed E-state index contributed by atoms with van der Waals surface area (Å²) in [5.74, 6) is 0. The summed E-state index contributed by atoms with van der Waals surface area (Å²) in [6.45, 7) is 4.56. The molecule has 2 unspecified atom stereocenters. The third-order valence-corrected chi connectivity index (χ3v) is 3.83. The van der Waals surface area contributed by atoms with E-state index in [1.807, 2.05) is 12.4 Å². The van der Waals surface area contributed by atoms with E-state index in [2.05, 4.69) is 41.3 Å². The van der Waals surface area contributed by atoms with Gasteiger partial charge in [-0.05, 0) is 51.1 Å². The summed E-state index contributed by atoms with van der Waals surface area (Å²) in [4.78, 5) is 6.69. The van der Waals surface area contributed by atoms with Gasteiger partial charge in [0.25, 0.3) is 0 Å². The van der Waals surface area contributed by atoms with Crippen molar-refractivity contribution >= 4 is 0 Å². The van der Waals surface area contributed by atoms with Crippen molar-refractivity contribution in [3.05, 3.63) is 30.1 Å². The lowest BCUT2D eigenvalue weighted by molar-refractivity contribution is 0.114. The van der Waals surface area contributed by atoms with Crippen LogP contribution in [0.25, 0.3) is 0 Å². The SMILES string of the molecule is CNC(C)C1CCCCN1Cc1ccncc1. The lowest BCUT2D eigenvalue weighted by Crippen LogP contribution is -2.49. The molecule has 0 radical (unpaired) electrons. The topological polar surface area (TPSA) is 28.2 Å². The molecule has 1 aliphatic heterocycles. The molecule has 0 aromatic carbocycles. The Balaban J connectivity index is 2.01. The van der Waals surface area contributed by atoms with Crippen LogP contribution >= 0.6 is 0 Å². The van der Waals surface area contributed by atoms with Crippen molar-refractivity contribution < 1.29 is 0 Å². The maximum Gasteiger partial charge on any atom is 0.0271 e. The monoisotopic (exact) mass is 233 g/mol. The van der Waals surface area contributed by atoms with Crippen LogP contribution in [0.2, 0.25) is 0 Å². The standard InChI is InChI=1S/C14H23N3/c1-12(15-2)14-5-3-4-10-17(14)11-13-6-8-16-9-7-13/h6-9,12,14-15H,3-5,10-11H2,1-2H3. The highest BCUT2D eigenvalue weighted by atomic mass is 15.2. The smallest absolute Gasteiger partial charge is 0.0271 e. The van der Waals surface area contributed by atoms with Crippen LogP contribution in [-0.4, -0.2) is 35.6 Å². The minimum absolute atomic E-state index is 0.567. The zero-order valence-corrected chi connectivity index (χ0v) is 10.9. The molecule has 2 rings (SSSR count). The second-order valence-corrected chi connectivity index (χ2v) is 4.97. The Hall–Kier alpha value is -0.930. The normalized spacial score (nSPS) is 23.5. The molecule has 1 aromatic heterocycles. The van der Waals surface area contributed by atoms with Crippen molar-refractivity contribution in [2.45, 2.75) is 44.8 Å². The molecule has 0 amide bonds. The van der Waals surface area contributed by atoms with Crippen molar-refractivity contribution in [3.63, 3.8) is 0 Å². The zero-order valence-electron chi connectivity index (χ0n) is 10.9. The minimum Gasteiger partial charge on any atom is -0.316 e. The van der Waals surface area contributed by atoms with Crippen molar-refractivity contribution in [1.82, 2.24) is 15.2 Å². The fraction of sp³-hybridized carbons (Fsp3) is 0.643. The summed E-state index contributed by atoms with van der Waals surface area (Å²) >= 11 is 0. The second kappa shape index (κ2) is 6.12. The molecular weight excluding hydrogens is 210 g/mol. The van der Waals surface area contributed by atoms with E-state index in [0.717, 1.165) is 6.54 Å². The van der Waals surface area contributed by atoms with Crippen molar-refractivity contribution in [2.24, 2.45) is 0 Å². The molecule has 1 saturated heterocycles. The molecule has 1 aliphatic rings. The molecule has 1 N–H and O–H groups in total. The Morgan fingerprint density at radius 1 is 1.41 bits per heavy atom. The predicted octanol–water partition coefficient (Wildman–Crippen LogP) is 2.04. The minimum atomic E-state index is 0.567. The van der Waals surface area contributed by atoms with Gasteiger partial charge in [0.2, 0.25) is 0 Å². The quantitative estimate of drug-likeness (QED) is 0.862. The number of hydrogen-bond donors (Lipinski definition) is 1. The molecule has 2 heterocycles. The zero-order chi connectivity index (χ0) is 12.1. The molecular formula is C14H23N3. The second-order valence-electron chi connectivity index (χ2n) is 4.97. The fourth-order valence-electron chi connectivity index (χ4n) is 2.69. The molecule has 0 aliphatic carbocycles. The Kier molecular flexibility index (Phi) is 4.51. The number of nitrogens with zero attached hydrogens (tertiary/aromatic N) is 2. The summed E-state index contributed by atoms with van der Waals surface area (Å²) < 4.78 is 0. The molecule has 0 spiro atoms. The molecule has 17 heavy (non-hydrogen) atoms. The number of hydrogen-bond acceptors (Lipinski definition) is 3. The Labute approximate surface area is 104 Å². The van der Waals surface area contributed by atoms with Crippen LogP contribution in [0.5, 0.6) is 0 Å². The maximum absolute atomic E-state index is 4.08. The van der Waals surface area contributed by atoms with Crippen LogP contribution in [0.15, 0.2) is 24.5 Å². The van der Waals surface area contributed by atoms with E-state index in [1.54, 1.807) is 0 Å². The molecule has 1 fully saturated rings. The van der Waals surface area contributed by atoms with Crippen LogP contribution in [0.4, 0.5) is 0 Å². The van der Waals surface area contributed by atoms with Gasteiger partial charge in [-0.15, -0.1) is 0 Å². The highest BCUT2D eigenvalue weighted by molar-refractivity contribution is 5.10. The number of piperidine rings is 1. The first-order valence-corrected chi connectivity index (χ1v) is 6.61. The van der Waals surface area contributed by atoms with E-state index < -0.39 is 0 Å². The van der Waals surface area contributed by atoms with Gasteiger partial charge < -0.3 is 5.32 Å². The Morgan fingerprint density at radius 3 is 2.88 bits per heavy atom. The molecule has 0 bridgehead atoms. The van der Waals surface area contributed by atoms with Gasteiger partial charge in [0, 0.05) is 31.0 Å². The Bertz CT molecular complexity index is 325. The van der Waals surface area contributed by atoms with E-state index in [-0.39, 0.29) is 0 Å². The Morgan fingerprint density at radius 2 is 2.18 bits per heavy atom. The average Bonchev–Trinajstić information content (AvgIpc) is 2.40. The molecule has 94 valence electrons.